The van der Waals surface area contributed by atoms with Gasteiger partial charge in [-0.05, 0) is 59.4 Å². The van der Waals surface area contributed by atoms with Crippen LogP contribution in [0.4, 0.5) is 0 Å². The smallest absolute Gasteiger partial charge is 0.110 e. The molecule has 2 N–H and O–H groups in total. The van der Waals surface area contributed by atoms with Gasteiger partial charge >= 0.3 is 0 Å². The summed E-state index contributed by atoms with van der Waals surface area (Å²) in [4.78, 5) is 8.01. The minimum Gasteiger partial charge on any atom is -0.336 e. The van der Waals surface area contributed by atoms with Crippen LogP contribution in [0.3, 0.4) is 0 Å². The van der Waals surface area contributed by atoms with Gasteiger partial charge in [-0.1, -0.05) is 12.1 Å². The van der Waals surface area contributed by atoms with Crippen molar-refractivity contribution in [3.05, 3.63) is 39.8 Å². The summed E-state index contributed by atoms with van der Waals surface area (Å²) in [6.45, 7) is 0.934. The van der Waals surface area contributed by atoms with E-state index in [0.29, 0.717) is 0 Å². The molecular weight excluding hydrogens is 302 g/mol. The maximum Gasteiger partial charge on any atom is 0.110 e. The van der Waals surface area contributed by atoms with E-state index in [1.165, 1.54) is 36.0 Å². The van der Waals surface area contributed by atoms with E-state index in [1.54, 1.807) is 0 Å². The Balaban J connectivity index is 1.91. The molecule has 0 spiro atoms. The normalized spacial score (nSPS) is 13.8. The number of H-pyrrole nitrogens is 1. The number of nitrogens with one attached hydrogen (secondary N) is 2. The van der Waals surface area contributed by atoms with Gasteiger partial charge in [-0.3, -0.25) is 0 Å². The van der Waals surface area contributed by atoms with Gasteiger partial charge in [0.05, 0.1) is 0 Å². The molecule has 0 unspecified atom stereocenters. The molecule has 1 aromatic carbocycles. The van der Waals surface area contributed by atoms with Gasteiger partial charge in [0.1, 0.15) is 16.1 Å². The third-order valence-corrected chi connectivity index (χ3v) is 4.27. The van der Waals surface area contributed by atoms with Gasteiger partial charge in [-0.2, -0.15) is 0 Å². The molecule has 0 atom stereocenters. The van der Waals surface area contributed by atoms with Gasteiger partial charge < -0.3 is 10.3 Å². The second kappa shape index (κ2) is 5.47. The number of rotatable bonds is 4. The van der Waals surface area contributed by atoms with E-state index in [9.17, 15) is 0 Å². The Morgan fingerprint density at radius 3 is 3.00 bits per heavy atom. The first-order valence-corrected chi connectivity index (χ1v) is 7.58. The quantitative estimate of drug-likeness (QED) is 0.909. The average molecular weight is 320 g/mol. The van der Waals surface area contributed by atoms with Crippen LogP contribution in [-0.2, 0) is 19.3 Å². The molecule has 1 heterocycles. The summed E-state index contributed by atoms with van der Waals surface area (Å²) in [5.41, 5.74) is 5.23. The lowest BCUT2D eigenvalue weighted by Crippen LogP contribution is -2.11. The van der Waals surface area contributed by atoms with E-state index in [-0.39, 0.29) is 0 Å². The lowest BCUT2D eigenvalue weighted by Gasteiger charge is -2.02. The van der Waals surface area contributed by atoms with Crippen LogP contribution in [0.1, 0.15) is 23.4 Å². The molecular formula is C15H18BrN3. The van der Waals surface area contributed by atoms with Crippen molar-refractivity contribution in [1.82, 2.24) is 15.3 Å². The van der Waals surface area contributed by atoms with E-state index >= 15 is 0 Å². The Labute approximate surface area is 122 Å². The van der Waals surface area contributed by atoms with Crippen LogP contribution in [0, 0.1) is 0 Å². The molecule has 1 aliphatic carbocycles. The fourth-order valence-corrected chi connectivity index (χ4v) is 3.22. The first-order valence-electron chi connectivity index (χ1n) is 6.79. The van der Waals surface area contributed by atoms with Crippen LogP contribution in [0.25, 0.3) is 11.3 Å². The van der Waals surface area contributed by atoms with E-state index < -0.39 is 0 Å². The molecule has 0 fully saturated rings. The molecule has 3 nitrogen and oxygen atoms in total. The number of hydrogen-bond donors (Lipinski definition) is 2. The van der Waals surface area contributed by atoms with Gasteiger partial charge in [0.2, 0.25) is 0 Å². The van der Waals surface area contributed by atoms with Crippen molar-refractivity contribution in [1.29, 1.82) is 0 Å². The van der Waals surface area contributed by atoms with E-state index in [0.717, 1.165) is 29.1 Å². The summed E-state index contributed by atoms with van der Waals surface area (Å²) in [5.74, 6) is 1.02. The minimum atomic E-state index is 0.917. The van der Waals surface area contributed by atoms with Crippen LogP contribution in [0.15, 0.2) is 22.8 Å². The monoisotopic (exact) mass is 319 g/mol. The Morgan fingerprint density at radius 1 is 1.32 bits per heavy atom. The van der Waals surface area contributed by atoms with Crippen molar-refractivity contribution < 1.29 is 0 Å². The topological polar surface area (TPSA) is 40.7 Å². The van der Waals surface area contributed by atoms with Gasteiger partial charge in [-0.15, -0.1) is 0 Å². The number of benzene rings is 1. The summed E-state index contributed by atoms with van der Waals surface area (Å²) in [6.07, 6.45) is 4.64. The molecule has 0 saturated heterocycles. The Bertz CT molecular complexity index is 589. The highest BCUT2D eigenvalue weighted by Crippen LogP contribution is 2.30. The fraction of sp³-hybridized carbons (Fsp3) is 0.400. The number of halogens is 1. The molecule has 0 saturated carbocycles. The molecule has 0 aliphatic heterocycles. The summed E-state index contributed by atoms with van der Waals surface area (Å²) < 4.78 is 0.983. The zero-order chi connectivity index (χ0) is 13.2. The van der Waals surface area contributed by atoms with E-state index in [1.807, 2.05) is 7.05 Å². The van der Waals surface area contributed by atoms with Crippen molar-refractivity contribution >= 4 is 15.9 Å². The SMILES string of the molecule is CNCCc1nc(-c2ccc3c(c2)CCC3)c(Br)[nH]1. The Morgan fingerprint density at radius 2 is 2.16 bits per heavy atom. The third kappa shape index (κ3) is 2.60. The molecule has 19 heavy (non-hydrogen) atoms. The molecule has 3 rings (SSSR count). The maximum absolute atomic E-state index is 4.70. The van der Waals surface area contributed by atoms with Gasteiger partial charge in [-0.25, -0.2) is 4.98 Å². The van der Waals surface area contributed by atoms with Crippen molar-refractivity contribution in [2.45, 2.75) is 25.7 Å². The zero-order valence-electron chi connectivity index (χ0n) is 11.1. The van der Waals surface area contributed by atoms with Crippen LogP contribution in [-0.4, -0.2) is 23.6 Å². The first-order chi connectivity index (χ1) is 9.28. The molecule has 4 heteroatoms. The number of imidazole rings is 1. The molecule has 1 aliphatic rings. The number of fused-ring (bicyclic) bond motifs is 1. The summed E-state index contributed by atoms with van der Waals surface area (Å²) >= 11 is 3.59. The van der Waals surface area contributed by atoms with E-state index in [4.69, 9.17) is 4.98 Å². The predicted octanol–water partition coefficient (Wildman–Crippen LogP) is 3.09. The standard InChI is InChI=1S/C15H18BrN3/c1-17-8-7-13-18-14(15(16)19-13)12-6-5-10-3-2-4-11(10)9-12/h5-6,9,17H,2-4,7-8H2,1H3,(H,18,19). The Kier molecular flexibility index (Phi) is 3.71. The van der Waals surface area contributed by atoms with Crippen LogP contribution in [0.2, 0.25) is 0 Å². The second-order valence-electron chi connectivity index (χ2n) is 5.04. The third-order valence-electron chi connectivity index (χ3n) is 3.69. The summed E-state index contributed by atoms with van der Waals surface area (Å²) in [5, 5.41) is 3.14. The number of nitrogens with zero attached hydrogens (tertiary/aromatic N) is 1. The van der Waals surface area contributed by atoms with Crippen molar-refractivity contribution in [2.24, 2.45) is 0 Å². The lowest BCUT2D eigenvalue weighted by atomic mass is 10.0. The molecule has 1 aromatic heterocycles. The molecule has 0 radical (unpaired) electrons. The van der Waals surface area contributed by atoms with Gasteiger partial charge in [0.25, 0.3) is 0 Å². The Hall–Kier alpha value is -1.13. The van der Waals surface area contributed by atoms with Gasteiger partial charge in [0.15, 0.2) is 0 Å². The van der Waals surface area contributed by atoms with Crippen LogP contribution < -0.4 is 5.32 Å². The highest BCUT2D eigenvalue weighted by Gasteiger charge is 2.15. The maximum atomic E-state index is 4.70. The van der Waals surface area contributed by atoms with Crippen molar-refractivity contribution in [2.75, 3.05) is 13.6 Å². The summed E-state index contributed by atoms with van der Waals surface area (Å²) in [6, 6.07) is 6.74. The largest absolute Gasteiger partial charge is 0.336 e. The van der Waals surface area contributed by atoms with Crippen molar-refractivity contribution in [3.8, 4) is 11.3 Å². The minimum absolute atomic E-state index is 0.917. The molecule has 100 valence electrons. The number of aryl methyl sites for hydroxylation is 2. The molecule has 0 amide bonds. The number of hydrogen-bond acceptors (Lipinski definition) is 2. The molecule has 2 aromatic rings. The number of aromatic amines is 1. The fourth-order valence-electron chi connectivity index (χ4n) is 2.67. The van der Waals surface area contributed by atoms with Crippen LogP contribution >= 0.6 is 15.9 Å². The number of likely N-dealkylation sites (N-methyl/N-ethyl adjacent to an activating group) is 1. The molecule has 0 bridgehead atoms. The van der Waals surface area contributed by atoms with E-state index in [2.05, 4.69) is 44.4 Å². The predicted molar refractivity (Wildman–Crippen MR) is 81.4 cm³/mol. The summed E-state index contributed by atoms with van der Waals surface area (Å²) in [7, 11) is 1.96. The average Bonchev–Trinajstić information content (AvgIpc) is 3.01. The van der Waals surface area contributed by atoms with Crippen LogP contribution in [0.5, 0.6) is 0 Å². The van der Waals surface area contributed by atoms with Gasteiger partial charge in [0, 0.05) is 18.5 Å². The zero-order valence-corrected chi connectivity index (χ0v) is 12.7. The number of aromatic nitrogens is 2. The highest BCUT2D eigenvalue weighted by molar-refractivity contribution is 9.10. The highest BCUT2D eigenvalue weighted by atomic mass is 79.9. The second-order valence-corrected chi connectivity index (χ2v) is 5.83. The first kappa shape index (κ1) is 12.9. The lowest BCUT2D eigenvalue weighted by molar-refractivity contribution is 0.764. The van der Waals surface area contributed by atoms with Crippen molar-refractivity contribution in [3.63, 3.8) is 0 Å².